The van der Waals surface area contributed by atoms with Gasteiger partial charge in [0.2, 0.25) is 0 Å². The van der Waals surface area contributed by atoms with Crippen LogP contribution in [0.3, 0.4) is 0 Å². The highest BCUT2D eigenvalue weighted by atomic mass is 15.3. The van der Waals surface area contributed by atoms with Crippen LogP contribution in [0.25, 0.3) is 0 Å². The van der Waals surface area contributed by atoms with Crippen LogP contribution in [0, 0.1) is 0 Å². The molecule has 0 aliphatic carbocycles. The van der Waals surface area contributed by atoms with Crippen molar-refractivity contribution in [1.82, 2.24) is 9.80 Å². The van der Waals surface area contributed by atoms with Gasteiger partial charge in [-0.05, 0) is 12.8 Å². The Morgan fingerprint density at radius 1 is 0.632 bits per heavy atom. The van der Waals surface area contributed by atoms with Gasteiger partial charge in [-0.3, -0.25) is 0 Å². The average molecular weight is 266 g/mol. The molecule has 0 aromatic rings. The van der Waals surface area contributed by atoms with Crippen molar-refractivity contribution in [2.75, 3.05) is 19.8 Å². The molecule has 0 N–H and O–H groups in total. The lowest BCUT2D eigenvalue weighted by Gasteiger charge is -2.21. The summed E-state index contributed by atoms with van der Waals surface area (Å²) in [6, 6.07) is 0. The van der Waals surface area contributed by atoms with Crippen LogP contribution in [-0.4, -0.2) is 29.6 Å². The summed E-state index contributed by atoms with van der Waals surface area (Å²) in [6.07, 6.45) is 18.4. The second-order valence-electron chi connectivity index (χ2n) is 5.89. The fourth-order valence-corrected chi connectivity index (χ4v) is 2.64. The molecule has 0 saturated carbocycles. The van der Waals surface area contributed by atoms with Gasteiger partial charge >= 0.3 is 0 Å². The first-order valence-electron chi connectivity index (χ1n) is 8.53. The molecule has 0 aromatic carbocycles. The molecule has 0 unspecified atom stereocenters. The van der Waals surface area contributed by atoms with Gasteiger partial charge in [0.1, 0.15) is 0 Å². The predicted molar refractivity (Wildman–Crippen MR) is 84.9 cm³/mol. The van der Waals surface area contributed by atoms with Gasteiger partial charge in [-0.25, -0.2) is 0 Å². The van der Waals surface area contributed by atoms with Crippen LogP contribution >= 0.6 is 0 Å². The van der Waals surface area contributed by atoms with Gasteiger partial charge in [-0.1, -0.05) is 65.2 Å². The second-order valence-corrected chi connectivity index (χ2v) is 5.89. The fraction of sp³-hybridized carbons (Fsp3) is 0.882. The summed E-state index contributed by atoms with van der Waals surface area (Å²) in [5, 5.41) is 0. The number of hydrogen-bond donors (Lipinski definition) is 0. The fourth-order valence-electron chi connectivity index (χ4n) is 2.64. The van der Waals surface area contributed by atoms with Crippen molar-refractivity contribution in [3.8, 4) is 0 Å². The number of rotatable bonds is 12. The van der Waals surface area contributed by atoms with Crippen LogP contribution in [0.5, 0.6) is 0 Å². The molecule has 2 heteroatoms. The van der Waals surface area contributed by atoms with E-state index in [2.05, 4.69) is 36.0 Å². The van der Waals surface area contributed by atoms with Crippen LogP contribution < -0.4 is 0 Å². The molecule has 1 rings (SSSR count). The molecule has 1 aliphatic rings. The highest BCUT2D eigenvalue weighted by Gasteiger charge is 2.10. The quantitative estimate of drug-likeness (QED) is 0.460. The topological polar surface area (TPSA) is 6.48 Å². The second kappa shape index (κ2) is 11.2. The third-order valence-corrected chi connectivity index (χ3v) is 3.95. The van der Waals surface area contributed by atoms with E-state index in [1.165, 1.54) is 77.3 Å². The van der Waals surface area contributed by atoms with Gasteiger partial charge in [0.15, 0.2) is 0 Å². The van der Waals surface area contributed by atoms with E-state index in [-0.39, 0.29) is 0 Å². The lowest BCUT2D eigenvalue weighted by molar-refractivity contribution is 0.257. The summed E-state index contributed by atoms with van der Waals surface area (Å²) in [5.41, 5.74) is 0. The third-order valence-electron chi connectivity index (χ3n) is 3.95. The van der Waals surface area contributed by atoms with Crippen molar-refractivity contribution in [2.45, 2.75) is 78.1 Å². The highest BCUT2D eigenvalue weighted by Crippen LogP contribution is 2.11. The molecule has 0 atom stereocenters. The van der Waals surface area contributed by atoms with E-state index in [0.29, 0.717) is 0 Å². The van der Waals surface area contributed by atoms with Crippen molar-refractivity contribution in [3.05, 3.63) is 12.4 Å². The number of hydrogen-bond acceptors (Lipinski definition) is 2. The Balaban J connectivity index is 1.92. The maximum absolute atomic E-state index is 2.47. The highest BCUT2D eigenvalue weighted by molar-refractivity contribution is 4.90. The SMILES string of the molecule is CCCCCCCCN1C=CN(CCCCCC)C1. The van der Waals surface area contributed by atoms with E-state index in [0.717, 1.165) is 6.67 Å². The van der Waals surface area contributed by atoms with Gasteiger partial charge in [0.25, 0.3) is 0 Å². The van der Waals surface area contributed by atoms with Crippen LogP contribution in [0.4, 0.5) is 0 Å². The molecular weight excluding hydrogens is 232 g/mol. The molecule has 1 heterocycles. The van der Waals surface area contributed by atoms with Crippen LogP contribution in [-0.2, 0) is 0 Å². The Bertz CT molecular complexity index is 225. The first-order valence-corrected chi connectivity index (χ1v) is 8.53. The van der Waals surface area contributed by atoms with E-state index >= 15 is 0 Å². The standard InChI is InChI=1S/C17H34N2/c1-3-5-7-9-10-12-14-19-16-15-18(17-19)13-11-8-6-4-2/h15-16H,3-14,17H2,1-2H3. The molecule has 2 nitrogen and oxygen atoms in total. The Morgan fingerprint density at radius 3 is 1.58 bits per heavy atom. The van der Waals surface area contributed by atoms with Gasteiger partial charge in [-0.15, -0.1) is 0 Å². The minimum absolute atomic E-state index is 1.13. The molecule has 0 fully saturated rings. The van der Waals surface area contributed by atoms with Crippen LogP contribution in [0.15, 0.2) is 12.4 Å². The largest absolute Gasteiger partial charge is 0.359 e. The van der Waals surface area contributed by atoms with E-state index in [1.807, 2.05) is 0 Å². The Hall–Kier alpha value is -0.660. The van der Waals surface area contributed by atoms with Gasteiger partial charge in [-0.2, -0.15) is 0 Å². The monoisotopic (exact) mass is 266 g/mol. The maximum atomic E-state index is 2.47. The Morgan fingerprint density at radius 2 is 1.05 bits per heavy atom. The van der Waals surface area contributed by atoms with E-state index in [9.17, 15) is 0 Å². The van der Waals surface area contributed by atoms with Crippen LogP contribution in [0.2, 0.25) is 0 Å². The minimum atomic E-state index is 1.13. The van der Waals surface area contributed by atoms with Gasteiger partial charge in [0, 0.05) is 25.5 Å². The lowest BCUT2D eigenvalue weighted by Crippen LogP contribution is -2.26. The van der Waals surface area contributed by atoms with Crippen molar-refractivity contribution >= 4 is 0 Å². The summed E-state index contributed by atoms with van der Waals surface area (Å²) in [4.78, 5) is 4.94. The zero-order valence-electron chi connectivity index (χ0n) is 13.2. The predicted octanol–water partition coefficient (Wildman–Crippen LogP) is 4.97. The molecule has 0 saturated heterocycles. The average Bonchev–Trinajstić information content (AvgIpc) is 2.87. The molecule has 112 valence electrons. The normalized spacial score (nSPS) is 14.6. The minimum Gasteiger partial charge on any atom is -0.359 e. The summed E-state index contributed by atoms with van der Waals surface area (Å²) in [7, 11) is 0. The number of nitrogens with zero attached hydrogens (tertiary/aromatic N) is 2. The Kier molecular flexibility index (Phi) is 9.66. The van der Waals surface area contributed by atoms with Crippen molar-refractivity contribution in [2.24, 2.45) is 0 Å². The van der Waals surface area contributed by atoms with E-state index in [4.69, 9.17) is 0 Å². The van der Waals surface area contributed by atoms with Crippen molar-refractivity contribution in [1.29, 1.82) is 0 Å². The number of unbranched alkanes of at least 4 members (excludes halogenated alkanes) is 8. The van der Waals surface area contributed by atoms with Crippen molar-refractivity contribution in [3.63, 3.8) is 0 Å². The first kappa shape index (κ1) is 16.4. The van der Waals surface area contributed by atoms with Gasteiger partial charge in [0.05, 0.1) is 6.67 Å². The summed E-state index contributed by atoms with van der Waals surface area (Å²) in [5.74, 6) is 0. The van der Waals surface area contributed by atoms with Crippen LogP contribution in [0.1, 0.15) is 78.1 Å². The van der Waals surface area contributed by atoms with E-state index in [1.54, 1.807) is 0 Å². The zero-order chi connectivity index (χ0) is 13.8. The molecule has 0 amide bonds. The molecular formula is C17H34N2. The Labute approximate surface area is 120 Å². The summed E-state index contributed by atoms with van der Waals surface area (Å²) in [6.45, 7) is 8.17. The molecule has 1 aliphatic heterocycles. The van der Waals surface area contributed by atoms with Crippen molar-refractivity contribution < 1.29 is 0 Å². The lowest BCUT2D eigenvalue weighted by atomic mass is 10.1. The summed E-state index contributed by atoms with van der Waals surface area (Å²) < 4.78 is 0. The summed E-state index contributed by atoms with van der Waals surface area (Å²) >= 11 is 0. The molecule has 0 spiro atoms. The smallest absolute Gasteiger partial charge is 0.0893 e. The van der Waals surface area contributed by atoms with E-state index < -0.39 is 0 Å². The molecule has 0 radical (unpaired) electrons. The first-order chi connectivity index (χ1) is 9.36. The molecule has 0 aromatic heterocycles. The molecule has 0 bridgehead atoms. The zero-order valence-corrected chi connectivity index (χ0v) is 13.2. The third kappa shape index (κ3) is 8.18. The maximum Gasteiger partial charge on any atom is 0.0893 e. The molecule has 19 heavy (non-hydrogen) atoms. The van der Waals surface area contributed by atoms with Gasteiger partial charge < -0.3 is 9.80 Å².